The molecule has 0 aromatic heterocycles. The van der Waals surface area contributed by atoms with E-state index in [9.17, 15) is 13.2 Å². The highest BCUT2D eigenvalue weighted by Gasteiger charge is 2.28. The van der Waals surface area contributed by atoms with Gasteiger partial charge >= 0.3 is 0 Å². The van der Waals surface area contributed by atoms with Gasteiger partial charge in [-0.25, -0.2) is 8.42 Å². The van der Waals surface area contributed by atoms with Crippen LogP contribution in [0.3, 0.4) is 0 Å². The van der Waals surface area contributed by atoms with E-state index in [4.69, 9.17) is 0 Å². The number of rotatable bonds is 9. The number of aryl methyl sites for hydroxylation is 1. The molecule has 3 aromatic carbocycles. The van der Waals surface area contributed by atoms with E-state index >= 15 is 0 Å². The molecule has 0 bridgehead atoms. The summed E-state index contributed by atoms with van der Waals surface area (Å²) >= 11 is 0. The van der Waals surface area contributed by atoms with Gasteiger partial charge in [0.2, 0.25) is 10.0 Å². The van der Waals surface area contributed by atoms with Crippen LogP contribution < -0.4 is 5.32 Å². The van der Waals surface area contributed by atoms with Gasteiger partial charge < -0.3 is 5.32 Å². The molecule has 0 unspecified atom stereocenters. The molecular weight excluding hydrogens is 458 g/mol. The van der Waals surface area contributed by atoms with E-state index in [1.54, 1.807) is 28.6 Å². The molecule has 3 aromatic rings. The molecule has 4 rings (SSSR count). The molecule has 184 valence electrons. The van der Waals surface area contributed by atoms with Gasteiger partial charge in [0.05, 0.1) is 4.90 Å². The molecule has 0 aliphatic carbocycles. The minimum absolute atomic E-state index is 0.127. The van der Waals surface area contributed by atoms with Crippen LogP contribution >= 0.6 is 0 Å². The zero-order valence-electron chi connectivity index (χ0n) is 20.2. The Labute approximate surface area is 208 Å². The standard InChI is InChI=1S/C28H33N3O3S/c1-2-3-7-23-12-16-26(17-13-23)29-28(32)25-14-10-24(11-15-25)22-30-18-20-31(21-19-30)35(33,34)27-8-5-4-6-9-27/h4-6,8-17H,2-3,7,18-22H2,1H3,(H,29,32). The van der Waals surface area contributed by atoms with Crippen LogP contribution in [-0.4, -0.2) is 49.7 Å². The van der Waals surface area contributed by atoms with Crippen molar-refractivity contribution in [1.82, 2.24) is 9.21 Å². The monoisotopic (exact) mass is 491 g/mol. The van der Waals surface area contributed by atoms with Crippen LogP contribution in [0, 0.1) is 0 Å². The Kier molecular flexibility index (Phi) is 8.33. The number of anilines is 1. The second-order valence-electron chi connectivity index (χ2n) is 8.94. The summed E-state index contributed by atoms with van der Waals surface area (Å²) < 4.78 is 27.2. The minimum Gasteiger partial charge on any atom is -0.322 e. The van der Waals surface area contributed by atoms with E-state index in [-0.39, 0.29) is 5.91 Å². The number of carbonyl (C=O) groups is 1. The molecule has 1 aliphatic heterocycles. The number of nitrogens with zero attached hydrogens (tertiary/aromatic N) is 2. The molecule has 7 heteroatoms. The Bertz CT molecular complexity index is 1200. The molecular formula is C28H33N3O3S. The number of hydrogen-bond acceptors (Lipinski definition) is 4. The van der Waals surface area contributed by atoms with E-state index in [1.807, 2.05) is 42.5 Å². The van der Waals surface area contributed by atoms with Crippen LogP contribution in [-0.2, 0) is 23.0 Å². The van der Waals surface area contributed by atoms with Gasteiger partial charge in [-0.2, -0.15) is 4.31 Å². The summed E-state index contributed by atoms with van der Waals surface area (Å²) in [5.74, 6) is -0.127. The second-order valence-corrected chi connectivity index (χ2v) is 10.9. The van der Waals surface area contributed by atoms with E-state index < -0.39 is 10.0 Å². The Balaban J connectivity index is 1.27. The largest absolute Gasteiger partial charge is 0.322 e. The summed E-state index contributed by atoms with van der Waals surface area (Å²) in [6.07, 6.45) is 3.39. The molecule has 1 saturated heterocycles. The van der Waals surface area contributed by atoms with E-state index in [2.05, 4.69) is 29.3 Å². The third-order valence-corrected chi connectivity index (χ3v) is 8.28. The summed E-state index contributed by atoms with van der Waals surface area (Å²) in [5.41, 5.74) is 3.79. The van der Waals surface area contributed by atoms with Crippen molar-refractivity contribution >= 4 is 21.6 Å². The first kappa shape index (κ1) is 25.1. The lowest BCUT2D eigenvalue weighted by Gasteiger charge is -2.34. The maximum Gasteiger partial charge on any atom is 0.255 e. The third kappa shape index (κ3) is 6.57. The average Bonchev–Trinajstić information content (AvgIpc) is 2.89. The van der Waals surface area contributed by atoms with Crippen molar-refractivity contribution in [2.75, 3.05) is 31.5 Å². The van der Waals surface area contributed by atoms with Gasteiger partial charge in [-0.15, -0.1) is 0 Å². The minimum atomic E-state index is -3.44. The molecule has 0 saturated carbocycles. The number of unbranched alkanes of at least 4 members (excludes halogenated alkanes) is 1. The Hall–Kier alpha value is -3.00. The Morgan fingerprint density at radius 3 is 2.09 bits per heavy atom. The first-order chi connectivity index (χ1) is 17.0. The normalized spacial score (nSPS) is 15.1. The summed E-state index contributed by atoms with van der Waals surface area (Å²) in [6, 6.07) is 24.3. The first-order valence-corrected chi connectivity index (χ1v) is 13.7. The smallest absolute Gasteiger partial charge is 0.255 e. The van der Waals surface area contributed by atoms with Gasteiger partial charge in [0.15, 0.2) is 0 Å². The fourth-order valence-corrected chi connectivity index (χ4v) is 5.67. The number of sulfonamides is 1. The number of piperazine rings is 1. The van der Waals surface area contributed by atoms with Crippen LogP contribution in [0.4, 0.5) is 5.69 Å². The van der Waals surface area contributed by atoms with Crippen LogP contribution in [0.2, 0.25) is 0 Å². The fraction of sp³-hybridized carbons (Fsp3) is 0.321. The Morgan fingerprint density at radius 1 is 0.829 bits per heavy atom. The van der Waals surface area contributed by atoms with Gasteiger partial charge in [0.25, 0.3) is 5.91 Å². The molecule has 0 spiro atoms. The number of nitrogens with one attached hydrogen (secondary N) is 1. The number of benzene rings is 3. The van der Waals surface area contributed by atoms with Crippen LogP contribution in [0.5, 0.6) is 0 Å². The lowest BCUT2D eigenvalue weighted by molar-refractivity contribution is 0.102. The topological polar surface area (TPSA) is 69.7 Å². The Morgan fingerprint density at radius 2 is 1.46 bits per heavy atom. The SMILES string of the molecule is CCCCc1ccc(NC(=O)c2ccc(CN3CCN(S(=O)(=O)c4ccccc4)CC3)cc2)cc1. The zero-order valence-corrected chi connectivity index (χ0v) is 21.0. The molecule has 1 aliphatic rings. The molecule has 1 heterocycles. The number of carbonyl (C=O) groups excluding carboxylic acids is 1. The van der Waals surface area contributed by atoms with Gasteiger partial charge in [0, 0.05) is 44.0 Å². The predicted molar refractivity (Wildman–Crippen MR) is 140 cm³/mol. The van der Waals surface area contributed by atoms with E-state index in [0.717, 1.165) is 24.2 Å². The van der Waals surface area contributed by atoms with Crippen molar-refractivity contribution in [3.8, 4) is 0 Å². The summed E-state index contributed by atoms with van der Waals surface area (Å²) in [7, 11) is -3.44. The molecule has 1 amide bonds. The molecule has 0 atom stereocenters. The van der Waals surface area contributed by atoms with E-state index in [1.165, 1.54) is 18.4 Å². The maximum absolute atomic E-state index is 12.8. The lowest BCUT2D eigenvalue weighted by atomic mass is 10.1. The van der Waals surface area contributed by atoms with Crippen molar-refractivity contribution in [2.45, 2.75) is 37.6 Å². The van der Waals surface area contributed by atoms with Crippen LogP contribution in [0.25, 0.3) is 0 Å². The molecule has 1 fully saturated rings. The molecule has 35 heavy (non-hydrogen) atoms. The first-order valence-electron chi connectivity index (χ1n) is 12.2. The highest BCUT2D eigenvalue weighted by atomic mass is 32.2. The summed E-state index contributed by atoms with van der Waals surface area (Å²) in [4.78, 5) is 15.2. The van der Waals surface area contributed by atoms with Crippen molar-refractivity contribution in [3.63, 3.8) is 0 Å². The maximum atomic E-state index is 12.8. The van der Waals surface area contributed by atoms with Crippen molar-refractivity contribution in [3.05, 3.63) is 95.6 Å². The van der Waals surface area contributed by atoms with Crippen LogP contribution in [0.1, 0.15) is 41.3 Å². The van der Waals surface area contributed by atoms with Gasteiger partial charge in [-0.05, 0) is 60.4 Å². The van der Waals surface area contributed by atoms with Crippen molar-refractivity contribution in [2.24, 2.45) is 0 Å². The highest BCUT2D eigenvalue weighted by molar-refractivity contribution is 7.89. The van der Waals surface area contributed by atoms with Crippen molar-refractivity contribution < 1.29 is 13.2 Å². The second kappa shape index (κ2) is 11.6. The fourth-order valence-electron chi connectivity index (χ4n) is 4.23. The quantitative estimate of drug-likeness (QED) is 0.467. The average molecular weight is 492 g/mol. The summed E-state index contributed by atoms with van der Waals surface area (Å²) in [5, 5.41) is 2.96. The lowest BCUT2D eigenvalue weighted by Crippen LogP contribution is -2.48. The van der Waals surface area contributed by atoms with Gasteiger partial charge in [-0.3, -0.25) is 9.69 Å². The highest BCUT2D eigenvalue weighted by Crippen LogP contribution is 2.19. The summed E-state index contributed by atoms with van der Waals surface area (Å²) in [6.45, 7) is 5.18. The number of hydrogen-bond donors (Lipinski definition) is 1. The van der Waals surface area contributed by atoms with Gasteiger partial charge in [-0.1, -0.05) is 55.8 Å². The van der Waals surface area contributed by atoms with Crippen molar-refractivity contribution in [1.29, 1.82) is 0 Å². The molecule has 0 radical (unpaired) electrons. The third-order valence-electron chi connectivity index (χ3n) is 6.37. The predicted octanol–water partition coefficient (Wildman–Crippen LogP) is 4.79. The van der Waals surface area contributed by atoms with Crippen LogP contribution in [0.15, 0.2) is 83.8 Å². The van der Waals surface area contributed by atoms with Gasteiger partial charge in [0.1, 0.15) is 0 Å². The molecule has 1 N–H and O–H groups in total. The molecule has 6 nitrogen and oxygen atoms in total. The van der Waals surface area contributed by atoms with E-state index in [0.29, 0.717) is 36.6 Å². The number of amides is 1. The zero-order chi connectivity index (χ0) is 24.7.